The van der Waals surface area contributed by atoms with Crippen LogP contribution in [0.25, 0.3) is 10.9 Å². The van der Waals surface area contributed by atoms with Gasteiger partial charge in [-0.2, -0.15) is 5.26 Å². The number of anilines is 1. The third-order valence-corrected chi connectivity index (χ3v) is 3.93. The molecule has 0 radical (unpaired) electrons. The molecule has 0 spiro atoms. The van der Waals surface area contributed by atoms with Crippen LogP contribution in [0, 0.1) is 17.2 Å². The van der Waals surface area contributed by atoms with E-state index < -0.39 is 0 Å². The van der Waals surface area contributed by atoms with Crippen LogP contribution in [0.2, 0.25) is 0 Å². The van der Waals surface area contributed by atoms with Gasteiger partial charge in [0.15, 0.2) is 0 Å². The molecular formula is C17H19N3. The topological polar surface area (TPSA) is 39.9 Å². The van der Waals surface area contributed by atoms with Crippen LogP contribution in [-0.2, 0) is 0 Å². The van der Waals surface area contributed by atoms with E-state index in [2.05, 4.69) is 35.9 Å². The molecule has 0 N–H and O–H groups in total. The molecule has 3 heteroatoms. The lowest BCUT2D eigenvalue weighted by molar-refractivity contribution is 0.646. The minimum absolute atomic E-state index is 0.383. The second-order valence-corrected chi connectivity index (χ2v) is 5.84. The number of rotatable bonds is 4. The second kappa shape index (κ2) is 5.13. The smallest absolute Gasteiger partial charge is 0.103 e. The summed E-state index contributed by atoms with van der Waals surface area (Å²) in [5.74, 6) is 0.788. The van der Waals surface area contributed by atoms with E-state index in [9.17, 15) is 5.26 Å². The molecule has 1 aliphatic rings. The minimum Gasteiger partial charge on any atom is -0.367 e. The number of nitrogens with zero attached hydrogens (tertiary/aromatic N) is 3. The Kier molecular flexibility index (Phi) is 3.31. The zero-order valence-electron chi connectivity index (χ0n) is 12.0. The summed E-state index contributed by atoms with van der Waals surface area (Å²) >= 11 is 0. The molecule has 1 aromatic carbocycles. The van der Waals surface area contributed by atoms with Gasteiger partial charge < -0.3 is 4.90 Å². The minimum atomic E-state index is 0.383. The molecule has 3 rings (SSSR count). The highest BCUT2D eigenvalue weighted by Gasteiger charge is 2.27. The normalized spacial score (nSPS) is 14.5. The van der Waals surface area contributed by atoms with Crippen molar-refractivity contribution in [2.45, 2.75) is 32.7 Å². The molecule has 0 bridgehead atoms. The number of hydrogen-bond acceptors (Lipinski definition) is 3. The predicted molar refractivity (Wildman–Crippen MR) is 81.7 cm³/mol. The van der Waals surface area contributed by atoms with Crippen molar-refractivity contribution >= 4 is 16.6 Å². The maximum Gasteiger partial charge on any atom is 0.103 e. The number of nitriles is 1. The van der Waals surface area contributed by atoms with E-state index in [1.807, 2.05) is 18.2 Å². The first-order valence-corrected chi connectivity index (χ1v) is 7.25. The fourth-order valence-corrected chi connectivity index (χ4v) is 2.66. The zero-order valence-corrected chi connectivity index (χ0v) is 12.0. The van der Waals surface area contributed by atoms with Gasteiger partial charge in [-0.3, -0.25) is 4.98 Å². The number of pyridine rings is 1. The SMILES string of the molecule is CC(C)N(CC1CC1)c1c(C#N)cnc2ccccc12. The van der Waals surface area contributed by atoms with Gasteiger partial charge in [0.25, 0.3) is 0 Å². The van der Waals surface area contributed by atoms with Crippen LogP contribution >= 0.6 is 0 Å². The first-order valence-electron chi connectivity index (χ1n) is 7.25. The Bertz CT molecular complexity index is 665. The molecule has 1 fully saturated rings. The fourth-order valence-electron chi connectivity index (χ4n) is 2.66. The molecule has 0 aliphatic heterocycles. The average molecular weight is 265 g/mol. The van der Waals surface area contributed by atoms with Crippen molar-refractivity contribution in [1.82, 2.24) is 4.98 Å². The van der Waals surface area contributed by atoms with Crippen LogP contribution in [0.15, 0.2) is 30.5 Å². The Morgan fingerprint density at radius 1 is 1.35 bits per heavy atom. The Balaban J connectivity index is 2.17. The van der Waals surface area contributed by atoms with E-state index in [0.717, 1.165) is 29.1 Å². The summed E-state index contributed by atoms with van der Waals surface area (Å²) in [5, 5.41) is 10.5. The van der Waals surface area contributed by atoms with E-state index in [-0.39, 0.29) is 0 Å². The van der Waals surface area contributed by atoms with Gasteiger partial charge in [-0.15, -0.1) is 0 Å². The van der Waals surface area contributed by atoms with Crippen LogP contribution in [0.3, 0.4) is 0 Å². The first-order chi connectivity index (χ1) is 9.70. The summed E-state index contributed by atoms with van der Waals surface area (Å²) in [7, 11) is 0. The van der Waals surface area contributed by atoms with E-state index in [4.69, 9.17) is 0 Å². The molecular weight excluding hydrogens is 246 g/mol. The van der Waals surface area contributed by atoms with E-state index in [0.29, 0.717) is 11.6 Å². The average Bonchev–Trinajstić information content (AvgIpc) is 3.27. The van der Waals surface area contributed by atoms with E-state index >= 15 is 0 Å². The van der Waals surface area contributed by atoms with E-state index in [1.54, 1.807) is 6.20 Å². The van der Waals surface area contributed by atoms with E-state index in [1.165, 1.54) is 12.8 Å². The molecule has 0 unspecified atom stereocenters. The molecule has 1 saturated carbocycles. The largest absolute Gasteiger partial charge is 0.367 e. The van der Waals surface area contributed by atoms with Crippen molar-refractivity contribution in [3.8, 4) is 6.07 Å². The standard InChI is InChI=1S/C17H19N3/c1-12(2)20(11-13-7-8-13)17-14(9-18)10-19-16-6-4-3-5-15(16)17/h3-6,10,12-13H,7-8,11H2,1-2H3. The van der Waals surface area contributed by atoms with Crippen LogP contribution in [-0.4, -0.2) is 17.6 Å². The summed E-state index contributed by atoms with van der Waals surface area (Å²) in [4.78, 5) is 6.78. The molecule has 0 saturated heterocycles. The van der Waals surface area contributed by atoms with Crippen molar-refractivity contribution in [1.29, 1.82) is 5.26 Å². The quantitative estimate of drug-likeness (QED) is 0.845. The molecule has 102 valence electrons. The van der Waals surface area contributed by atoms with Crippen LogP contribution in [0.1, 0.15) is 32.3 Å². The third-order valence-electron chi connectivity index (χ3n) is 3.93. The van der Waals surface area contributed by atoms with Crippen LogP contribution in [0.5, 0.6) is 0 Å². The number of fused-ring (bicyclic) bond motifs is 1. The van der Waals surface area contributed by atoms with Gasteiger partial charge in [0.1, 0.15) is 6.07 Å². The molecule has 1 heterocycles. The van der Waals surface area contributed by atoms with Gasteiger partial charge >= 0.3 is 0 Å². The highest BCUT2D eigenvalue weighted by Crippen LogP contribution is 2.36. The van der Waals surface area contributed by atoms with Gasteiger partial charge in [-0.05, 0) is 38.7 Å². The number of hydrogen-bond donors (Lipinski definition) is 0. The Labute approximate surface area is 119 Å². The summed E-state index contributed by atoms with van der Waals surface area (Å²) < 4.78 is 0. The molecule has 3 nitrogen and oxygen atoms in total. The van der Waals surface area contributed by atoms with Crippen LogP contribution in [0.4, 0.5) is 5.69 Å². The monoisotopic (exact) mass is 265 g/mol. The summed E-state index contributed by atoms with van der Waals surface area (Å²) in [6.07, 6.45) is 4.34. The van der Waals surface area contributed by atoms with Crippen molar-refractivity contribution in [2.75, 3.05) is 11.4 Å². The van der Waals surface area contributed by atoms with Crippen molar-refractivity contribution in [2.24, 2.45) is 5.92 Å². The molecule has 0 atom stereocenters. The number of aromatic nitrogens is 1. The molecule has 1 aromatic heterocycles. The van der Waals surface area contributed by atoms with Crippen molar-refractivity contribution < 1.29 is 0 Å². The van der Waals surface area contributed by atoms with Gasteiger partial charge in [-0.25, -0.2) is 0 Å². The van der Waals surface area contributed by atoms with Gasteiger partial charge in [0.05, 0.1) is 16.8 Å². The first kappa shape index (κ1) is 12.9. The van der Waals surface area contributed by atoms with Gasteiger partial charge in [0.2, 0.25) is 0 Å². The second-order valence-electron chi connectivity index (χ2n) is 5.84. The molecule has 0 amide bonds. The Hall–Kier alpha value is -2.08. The fraction of sp³-hybridized carbons (Fsp3) is 0.412. The van der Waals surface area contributed by atoms with Crippen molar-refractivity contribution in [3.05, 3.63) is 36.0 Å². The van der Waals surface area contributed by atoms with Crippen LogP contribution < -0.4 is 4.90 Å². The highest BCUT2D eigenvalue weighted by molar-refractivity contribution is 5.94. The lowest BCUT2D eigenvalue weighted by Gasteiger charge is -2.31. The maximum atomic E-state index is 9.44. The van der Waals surface area contributed by atoms with Crippen molar-refractivity contribution in [3.63, 3.8) is 0 Å². The maximum absolute atomic E-state index is 9.44. The predicted octanol–water partition coefficient (Wildman–Crippen LogP) is 3.73. The third kappa shape index (κ3) is 2.34. The summed E-state index contributed by atoms with van der Waals surface area (Å²) in [6.45, 7) is 5.43. The molecule has 1 aliphatic carbocycles. The lowest BCUT2D eigenvalue weighted by atomic mass is 10.1. The number of para-hydroxylation sites is 1. The van der Waals surface area contributed by atoms with Gasteiger partial charge in [-0.1, -0.05) is 18.2 Å². The summed E-state index contributed by atoms with van der Waals surface area (Å²) in [5.41, 5.74) is 2.70. The Morgan fingerprint density at radius 3 is 2.75 bits per heavy atom. The highest BCUT2D eigenvalue weighted by atomic mass is 15.2. The summed E-state index contributed by atoms with van der Waals surface area (Å²) in [6, 6.07) is 10.8. The number of benzene rings is 1. The lowest BCUT2D eigenvalue weighted by Crippen LogP contribution is -2.33. The zero-order chi connectivity index (χ0) is 14.1. The van der Waals surface area contributed by atoms with Gasteiger partial charge in [0, 0.05) is 24.2 Å². The molecule has 2 aromatic rings. The Morgan fingerprint density at radius 2 is 2.10 bits per heavy atom. The molecule has 20 heavy (non-hydrogen) atoms.